The predicted octanol–water partition coefficient (Wildman–Crippen LogP) is 3.82. The van der Waals surface area contributed by atoms with Crippen LogP contribution >= 0.6 is 11.3 Å². The molecule has 1 amide bonds. The van der Waals surface area contributed by atoms with E-state index in [0.29, 0.717) is 11.0 Å². The molecule has 4 heterocycles. The molecule has 1 N–H and O–H groups in total. The van der Waals surface area contributed by atoms with Crippen molar-refractivity contribution in [3.05, 3.63) is 65.8 Å². The smallest absolute Gasteiger partial charge is 0.294 e. The molecular formula is C18H13N5O2S. The molecule has 8 heteroatoms. The topological polar surface area (TPSA) is 93.8 Å². The average molecular weight is 363 g/mol. The van der Waals surface area contributed by atoms with E-state index in [9.17, 15) is 4.79 Å². The lowest BCUT2D eigenvalue weighted by molar-refractivity contribution is 0.0997. The van der Waals surface area contributed by atoms with Crippen LogP contribution in [0.1, 0.15) is 16.1 Å². The zero-order valence-corrected chi connectivity index (χ0v) is 14.5. The zero-order chi connectivity index (χ0) is 17.9. The fourth-order valence-corrected chi connectivity index (χ4v) is 3.05. The van der Waals surface area contributed by atoms with Gasteiger partial charge in [0.15, 0.2) is 5.13 Å². The number of nitrogens with one attached hydrogen (secondary N) is 1. The standard InChI is InChI=1S/C18H13N5O2S/c1-11-3-2-6-20-15(11)13-10-26-18(22-13)23-16(24)14-9-21-17(25-14)12-4-7-19-8-5-12/h2-10H,1H3,(H,22,23,24). The van der Waals surface area contributed by atoms with Crippen LogP contribution in [0.2, 0.25) is 0 Å². The van der Waals surface area contributed by atoms with Gasteiger partial charge in [-0.05, 0) is 30.7 Å². The fraction of sp³-hybridized carbons (Fsp3) is 0.0556. The molecule has 0 saturated heterocycles. The summed E-state index contributed by atoms with van der Waals surface area (Å²) in [4.78, 5) is 29.2. The summed E-state index contributed by atoms with van der Waals surface area (Å²) in [6.07, 6.45) is 6.38. The summed E-state index contributed by atoms with van der Waals surface area (Å²) >= 11 is 1.33. The maximum absolute atomic E-state index is 12.4. The lowest BCUT2D eigenvalue weighted by atomic mass is 10.2. The summed E-state index contributed by atoms with van der Waals surface area (Å²) in [5, 5.41) is 5.05. The van der Waals surface area contributed by atoms with Gasteiger partial charge in [-0.1, -0.05) is 6.07 Å². The largest absolute Gasteiger partial charge is 0.431 e. The molecule has 0 atom stereocenters. The van der Waals surface area contributed by atoms with Crippen LogP contribution in [0.4, 0.5) is 5.13 Å². The predicted molar refractivity (Wildman–Crippen MR) is 97.8 cm³/mol. The number of carbonyl (C=O) groups is 1. The number of hydrogen-bond acceptors (Lipinski definition) is 7. The summed E-state index contributed by atoms with van der Waals surface area (Å²) in [7, 11) is 0. The van der Waals surface area contributed by atoms with Crippen LogP contribution in [0.5, 0.6) is 0 Å². The van der Waals surface area contributed by atoms with Gasteiger partial charge >= 0.3 is 0 Å². The van der Waals surface area contributed by atoms with E-state index in [1.165, 1.54) is 17.5 Å². The first-order valence-corrected chi connectivity index (χ1v) is 8.64. The highest BCUT2D eigenvalue weighted by molar-refractivity contribution is 7.14. The molecule has 0 aliphatic heterocycles. The minimum absolute atomic E-state index is 0.113. The van der Waals surface area contributed by atoms with E-state index in [1.807, 2.05) is 24.4 Å². The van der Waals surface area contributed by atoms with E-state index in [0.717, 1.165) is 22.5 Å². The number of aryl methyl sites for hydroxylation is 1. The van der Waals surface area contributed by atoms with Crippen molar-refractivity contribution in [1.82, 2.24) is 19.9 Å². The van der Waals surface area contributed by atoms with Crippen molar-refractivity contribution in [3.8, 4) is 22.8 Å². The number of amides is 1. The molecule has 4 rings (SSSR count). The number of oxazole rings is 1. The first-order chi connectivity index (χ1) is 12.7. The first kappa shape index (κ1) is 16.1. The van der Waals surface area contributed by atoms with Crippen molar-refractivity contribution in [1.29, 1.82) is 0 Å². The normalized spacial score (nSPS) is 10.7. The van der Waals surface area contributed by atoms with Gasteiger partial charge in [0.2, 0.25) is 11.7 Å². The number of anilines is 1. The Morgan fingerprint density at radius 2 is 2.00 bits per heavy atom. The molecule has 4 aromatic rings. The van der Waals surface area contributed by atoms with E-state index >= 15 is 0 Å². The highest BCUT2D eigenvalue weighted by Crippen LogP contribution is 2.26. The highest BCUT2D eigenvalue weighted by atomic mass is 32.1. The van der Waals surface area contributed by atoms with Gasteiger partial charge in [-0.3, -0.25) is 20.1 Å². The third-order valence-electron chi connectivity index (χ3n) is 3.63. The Kier molecular flexibility index (Phi) is 4.24. The van der Waals surface area contributed by atoms with Crippen molar-refractivity contribution >= 4 is 22.4 Å². The van der Waals surface area contributed by atoms with Gasteiger partial charge in [0.05, 0.1) is 11.9 Å². The molecule has 0 aliphatic carbocycles. The van der Waals surface area contributed by atoms with Crippen LogP contribution in [-0.4, -0.2) is 25.8 Å². The SMILES string of the molecule is Cc1cccnc1-c1csc(NC(=O)c2cnc(-c3ccncc3)o2)n1. The Morgan fingerprint density at radius 3 is 2.81 bits per heavy atom. The van der Waals surface area contributed by atoms with Crippen LogP contribution < -0.4 is 5.32 Å². The number of aromatic nitrogens is 4. The Morgan fingerprint density at radius 1 is 1.15 bits per heavy atom. The van der Waals surface area contributed by atoms with Gasteiger partial charge in [-0.25, -0.2) is 9.97 Å². The second-order valence-electron chi connectivity index (χ2n) is 5.43. The molecule has 128 valence electrons. The number of rotatable bonds is 4. The van der Waals surface area contributed by atoms with Crippen molar-refractivity contribution in [2.24, 2.45) is 0 Å². The van der Waals surface area contributed by atoms with Crippen LogP contribution in [0.25, 0.3) is 22.8 Å². The zero-order valence-electron chi connectivity index (χ0n) is 13.7. The van der Waals surface area contributed by atoms with Crippen LogP contribution in [0, 0.1) is 6.92 Å². The number of hydrogen-bond donors (Lipinski definition) is 1. The molecule has 4 aromatic heterocycles. The van der Waals surface area contributed by atoms with Crippen LogP contribution in [-0.2, 0) is 0 Å². The summed E-state index contributed by atoms with van der Waals surface area (Å²) in [6.45, 7) is 1.97. The van der Waals surface area contributed by atoms with Crippen molar-refractivity contribution in [3.63, 3.8) is 0 Å². The Balaban J connectivity index is 1.51. The molecular weight excluding hydrogens is 350 g/mol. The minimum atomic E-state index is -0.406. The lowest BCUT2D eigenvalue weighted by Gasteiger charge is -2.00. The number of carbonyl (C=O) groups excluding carboxylic acids is 1. The number of thiazole rings is 1. The number of nitrogens with zero attached hydrogens (tertiary/aromatic N) is 4. The molecule has 0 saturated carbocycles. The highest BCUT2D eigenvalue weighted by Gasteiger charge is 2.16. The molecule has 0 spiro atoms. The maximum atomic E-state index is 12.4. The molecule has 0 radical (unpaired) electrons. The second-order valence-corrected chi connectivity index (χ2v) is 6.28. The van der Waals surface area contributed by atoms with E-state index in [-0.39, 0.29) is 5.76 Å². The minimum Gasteiger partial charge on any atom is -0.431 e. The summed E-state index contributed by atoms with van der Waals surface area (Å²) in [6, 6.07) is 7.36. The van der Waals surface area contributed by atoms with Gasteiger partial charge < -0.3 is 4.42 Å². The first-order valence-electron chi connectivity index (χ1n) is 7.76. The molecule has 26 heavy (non-hydrogen) atoms. The summed E-state index contributed by atoms with van der Waals surface area (Å²) < 4.78 is 5.53. The van der Waals surface area contributed by atoms with Gasteiger partial charge in [-0.15, -0.1) is 11.3 Å². The Labute approximate surface area is 152 Å². The maximum Gasteiger partial charge on any atom is 0.294 e. The van der Waals surface area contributed by atoms with E-state index in [4.69, 9.17) is 4.42 Å². The fourth-order valence-electron chi connectivity index (χ4n) is 2.36. The Hall–Kier alpha value is -3.39. The summed E-state index contributed by atoms with van der Waals surface area (Å²) in [5.74, 6) is 0.0699. The van der Waals surface area contributed by atoms with Gasteiger partial charge in [0, 0.05) is 29.5 Å². The van der Waals surface area contributed by atoms with Crippen molar-refractivity contribution in [2.45, 2.75) is 6.92 Å². The molecule has 0 unspecified atom stereocenters. The molecule has 7 nitrogen and oxygen atoms in total. The lowest BCUT2D eigenvalue weighted by Crippen LogP contribution is -2.10. The molecule has 0 aliphatic rings. The van der Waals surface area contributed by atoms with Crippen molar-refractivity contribution < 1.29 is 9.21 Å². The third kappa shape index (κ3) is 3.22. The van der Waals surface area contributed by atoms with Gasteiger partial charge in [0.25, 0.3) is 5.91 Å². The summed E-state index contributed by atoms with van der Waals surface area (Å²) in [5.41, 5.74) is 3.29. The molecule has 0 bridgehead atoms. The third-order valence-corrected chi connectivity index (χ3v) is 4.39. The monoisotopic (exact) mass is 363 g/mol. The molecule has 0 aromatic carbocycles. The van der Waals surface area contributed by atoms with Crippen LogP contribution in [0.15, 0.2) is 58.9 Å². The van der Waals surface area contributed by atoms with E-state index in [1.54, 1.807) is 30.7 Å². The second kappa shape index (κ2) is 6.85. The van der Waals surface area contributed by atoms with Crippen LogP contribution in [0.3, 0.4) is 0 Å². The quantitative estimate of drug-likeness (QED) is 0.592. The van der Waals surface area contributed by atoms with Gasteiger partial charge in [0.1, 0.15) is 5.69 Å². The van der Waals surface area contributed by atoms with Gasteiger partial charge in [-0.2, -0.15) is 0 Å². The average Bonchev–Trinajstić information content (AvgIpc) is 3.33. The van der Waals surface area contributed by atoms with Crippen molar-refractivity contribution in [2.75, 3.05) is 5.32 Å². The van der Waals surface area contributed by atoms with E-state index < -0.39 is 5.91 Å². The Bertz CT molecular complexity index is 1060. The molecule has 0 fully saturated rings. The number of pyridine rings is 2. The van der Waals surface area contributed by atoms with E-state index in [2.05, 4.69) is 25.3 Å².